The average molecular weight is 204 g/mol. The summed E-state index contributed by atoms with van der Waals surface area (Å²) in [4.78, 5) is 7.98. The van der Waals surface area contributed by atoms with Gasteiger partial charge in [-0.15, -0.1) is 5.10 Å². The third-order valence-electron chi connectivity index (χ3n) is 2.09. The van der Waals surface area contributed by atoms with E-state index in [1.54, 1.807) is 6.20 Å². The van der Waals surface area contributed by atoms with E-state index in [1.165, 1.54) is 5.56 Å². The zero-order valence-corrected chi connectivity index (χ0v) is 8.36. The van der Waals surface area contributed by atoms with Crippen molar-refractivity contribution in [2.24, 2.45) is 0 Å². The molecule has 0 aliphatic heterocycles. The van der Waals surface area contributed by atoms with Gasteiger partial charge in [0.05, 0.1) is 0 Å². The summed E-state index contributed by atoms with van der Waals surface area (Å²) in [5.74, 6) is 0.802. The number of rotatable bonds is 3. The number of nitrogens with zero attached hydrogens (tertiary/aromatic N) is 3. The van der Waals surface area contributed by atoms with Crippen molar-refractivity contribution >= 4 is 11.9 Å². The molecule has 2 rings (SSSR count). The molecule has 0 spiro atoms. The SMILES string of the molecule is Cc1ccncc1CNc1n[nH]c(N)n1. The maximum atomic E-state index is 5.40. The third-order valence-corrected chi connectivity index (χ3v) is 2.09. The molecule has 0 aliphatic rings. The van der Waals surface area contributed by atoms with Crippen LogP contribution >= 0.6 is 0 Å². The van der Waals surface area contributed by atoms with Crippen molar-refractivity contribution in [3.8, 4) is 0 Å². The summed E-state index contributed by atoms with van der Waals surface area (Å²) in [6, 6.07) is 1.96. The lowest BCUT2D eigenvalue weighted by Crippen LogP contribution is -2.03. The Bertz CT molecular complexity index is 449. The van der Waals surface area contributed by atoms with Gasteiger partial charge < -0.3 is 11.1 Å². The van der Waals surface area contributed by atoms with Crippen LogP contribution in [0.15, 0.2) is 18.5 Å². The van der Waals surface area contributed by atoms with Crippen LogP contribution in [0.1, 0.15) is 11.1 Å². The Balaban J connectivity index is 2.02. The van der Waals surface area contributed by atoms with Gasteiger partial charge in [-0.1, -0.05) is 0 Å². The molecule has 0 unspecified atom stereocenters. The normalized spacial score (nSPS) is 10.2. The molecule has 4 N–H and O–H groups in total. The molecule has 0 fully saturated rings. The van der Waals surface area contributed by atoms with E-state index in [0.717, 1.165) is 5.56 Å². The van der Waals surface area contributed by atoms with Gasteiger partial charge in [0.2, 0.25) is 11.9 Å². The first-order chi connectivity index (χ1) is 7.25. The van der Waals surface area contributed by atoms with Crippen molar-refractivity contribution in [3.05, 3.63) is 29.6 Å². The molecule has 6 nitrogen and oxygen atoms in total. The second-order valence-corrected chi connectivity index (χ2v) is 3.20. The Hall–Kier alpha value is -2.11. The number of aromatic nitrogens is 4. The Morgan fingerprint density at radius 2 is 2.40 bits per heavy atom. The van der Waals surface area contributed by atoms with Crippen molar-refractivity contribution in [2.45, 2.75) is 13.5 Å². The zero-order valence-electron chi connectivity index (χ0n) is 8.36. The molecular formula is C9H12N6. The number of H-pyrrole nitrogens is 1. The van der Waals surface area contributed by atoms with Crippen molar-refractivity contribution in [1.29, 1.82) is 0 Å². The Kier molecular flexibility index (Phi) is 2.49. The van der Waals surface area contributed by atoms with E-state index in [0.29, 0.717) is 18.4 Å². The van der Waals surface area contributed by atoms with Gasteiger partial charge in [0.25, 0.3) is 0 Å². The lowest BCUT2D eigenvalue weighted by molar-refractivity contribution is 1.02. The zero-order chi connectivity index (χ0) is 10.7. The van der Waals surface area contributed by atoms with Crippen molar-refractivity contribution in [2.75, 3.05) is 11.1 Å². The summed E-state index contributed by atoms with van der Waals surface area (Å²) in [5, 5.41) is 9.48. The monoisotopic (exact) mass is 204 g/mol. The van der Waals surface area contributed by atoms with Crippen LogP contribution in [-0.4, -0.2) is 20.2 Å². The summed E-state index contributed by atoms with van der Waals surface area (Å²) in [7, 11) is 0. The maximum absolute atomic E-state index is 5.40. The molecule has 78 valence electrons. The highest BCUT2D eigenvalue weighted by molar-refractivity contribution is 5.32. The van der Waals surface area contributed by atoms with Crippen LogP contribution in [-0.2, 0) is 6.54 Å². The van der Waals surface area contributed by atoms with Crippen LogP contribution in [0.5, 0.6) is 0 Å². The Labute approximate surface area is 86.9 Å². The molecular weight excluding hydrogens is 192 g/mol. The smallest absolute Gasteiger partial charge is 0.243 e. The third kappa shape index (κ3) is 2.22. The Morgan fingerprint density at radius 1 is 1.53 bits per heavy atom. The van der Waals surface area contributed by atoms with E-state index in [2.05, 4.69) is 25.5 Å². The van der Waals surface area contributed by atoms with Crippen LogP contribution in [0.4, 0.5) is 11.9 Å². The summed E-state index contributed by atoms with van der Waals surface area (Å²) < 4.78 is 0. The predicted octanol–water partition coefficient (Wildman–Crippen LogP) is 0.702. The number of hydrogen-bond acceptors (Lipinski definition) is 5. The molecule has 0 saturated heterocycles. The standard InChI is InChI=1S/C9H12N6/c1-6-2-3-11-4-7(6)5-12-9-13-8(10)14-15-9/h2-4H,5H2,1H3,(H4,10,12,13,14,15). The number of nitrogens with one attached hydrogen (secondary N) is 2. The first kappa shape index (κ1) is 9.45. The lowest BCUT2D eigenvalue weighted by atomic mass is 10.2. The van der Waals surface area contributed by atoms with E-state index < -0.39 is 0 Å². The summed E-state index contributed by atoms with van der Waals surface area (Å²) in [5.41, 5.74) is 7.69. The van der Waals surface area contributed by atoms with Crippen LogP contribution in [0, 0.1) is 6.92 Å². The summed E-state index contributed by atoms with van der Waals surface area (Å²) in [6.45, 7) is 2.67. The van der Waals surface area contributed by atoms with E-state index in [-0.39, 0.29) is 0 Å². The summed E-state index contributed by atoms with van der Waals surface area (Å²) in [6.07, 6.45) is 3.59. The van der Waals surface area contributed by atoms with Gasteiger partial charge in [0.15, 0.2) is 0 Å². The highest BCUT2D eigenvalue weighted by Crippen LogP contribution is 2.07. The van der Waals surface area contributed by atoms with Crippen molar-refractivity contribution in [1.82, 2.24) is 20.2 Å². The number of aromatic amines is 1. The van der Waals surface area contributed by atoms with Gasteiger partial charge >= 0.3 is 0 Å². The number of aryl methyl sites for hydroxylation is 1. The first-order valence-corrected chi connectivity index (χ1v) is 4.57. The van der Waals surface area contributed by atoms with Crippen LogP contribution in [0.25, 0.3) is 0 Å². The molecule has 0 amide bonds. The molecule has 2 aromatic heterocycles. The van der Waals surface area contributed by atoms with E-state index in [9.17, 15) is 0 Å². The average Bonchev–Trinajstić information content (AvgIpc) is 2.63. The van der Waals surface area contributed by atoms with E-state index in [4.69, 9.17) is 5.73 Å². The Morgan fingerprint density at radius 3 is 3.07 bits per heavy atom. The number of pyridine rings is 1. The van der Waals surface area contributed by atoms with Gasteiger partial charge in [0.1, 0.15) is 0 Å². The fourth-order valence-electron chi connectivity index (χ4n) is 1.21. The predicted molar refractivity (Wildman–Crippen MR) is 57.1 cm³/mol. The van der Waals surface area contributed by atoms with Gasteiger partial charge in [0, 0.05) is 18.9 Å². The minimum Gasteiger partial charge on any atom is -0.368 e. The van der Waals surface area contributed by atoms with Crippen LogP contribution in [0.3, 0.4) is 0 Å². The largest absolute Gasteiger partial charge is 0.368 e. The molecule has 6 heteroatoms. The van der Waals surface area contributed by atoms with Crippen LogP contribution < -0.4 is 11.1 Å². The second-order valence-electron chi connectivity index (χ2n) is 3.20. The summed E-state index contributed by atoms with van der Waals surface area (Å²) >= 11 is 0. The second kappa shape index (κ2) is 3.95. The molecule has 0 aliphatic carbocycles. The van der Waals surface area contributed by atoms with Gasteiger partial charge in [-0.3, -0.25) is 4.98 Å². The number of hydrogen-bond donors (Lipinski definition) is 3. The highest BCUT2D eigenvalue weighted by atomic mass is 15.3. The topological polar surface area (TPSA) is 92.5 Å². The van der Waals surface area contributed by atoms with Crippen molar-refractivity contribution < 1.29 is 0 Å². The molecule has 2 heterocycles. The maximum Gasteiger partial charge on any atom is 0.243 e. The molecule has 0 aromatic carbocycles. The highest BCUT2D eigenvalue weighted by Gasteiger charge is 2.01. The fraction of sp³-hybridized carbons (Fsp3) is 0.222. The van der Waals surface area contributed by atoms with E-state index >= 15 is 0 Å². The van der Waals surface area contributed by atoms with Gasteiger partial charge in [-0.25, -0.2) is 5.10 Å². The van der Waals surface area contributed by atoms with E-state index in [1.807, 2.05) is 19.2 Å². The molecule has 15 heavy (non-hydrogen) atoms. The molecule has 0 saturated carbocycles. The number of nitrogens with two attached hydrogens (primary N) is 1. The van der Waals surface area contributed by atoms with Gasteiger partial charge in [-0.05, 0) is 24.1 Å². The molecule has 0 bridgehead atoms. The minimum absolute atomic E-state index is 0.306. The molecule has 0 atom stereocenters. The lowest BCUT2D eigenvalue weighted by Gasteiger charge is -2.04. The number of nitrogen functional groups attached to an aromatic ring is 1. The van der Waals surface area contributed by atoms with Crippen LogP contribution in [0.2, 0.25) is 0 Å². The number of anilines is 2. The molecule has 0 radical (unpaired) electrons. The quantitative estimate of drug-likeness (QED) is 0.684. The van der Waals surface area contributed by atoms with Gasteiger partial charge in [-0.2, -0.15) is 4.98 Å². The fourth-order valence-corrected chi connectivity index (χ4v) is 1.21. The first-order valence-electron chi connectivity index (χ1n) is 4.57. The minimum atomic E-state index is 0.306. The molecule has 2 aromatic rings. The van der Waals surface area contributed by atoms with Crippen molar-refractivity contribution in [3.63, 3.8) is 0 Å².